The van der Waals surface area contributed by atoms with Crippen LogP contribution in [0.25, 0.3) is 0 Å². The molecule has 1 aliphatic heterocycles. The highest BCUT2D eigenvalue weighted by Gasteiger charge is 2.27. The Morgan fingerprint density at radius 3 is 3.16 bits per heavy atom. The van der Waals surface area contributed by atoms with E-state index >= 15 is 0 Å². The molecule has 3 heterocycles. The molecule has 1 N–H and O–H groups in total. The SMILES string of the molecule is Cn1cc(C(=O)N2CCO[C@H](c3ccn[nH]3)C2)cn1. The van der Waals surface area contributed by atoms with E-state index in [4.69, 9.17) is 4.74 Å². The van der Waals surface area contributed by atoms with E-state index in [-0.39, 0.29) is 12.0 Å². The quantitative estimate of drug-likeness (QED) is 0.846. The lowest BCUT2D eigenvalue weighted by atomic mass is 10.2. The number of carbonyl (C=O) groups is 1. The predicted octanol–water partition coefficient (Wildman–Crippen LogP) is 0.357. The highest BCUT2D eigenvalue weighted by atomic mass is 16.5. The first-order chi connectivity index (χ1) is 9.24. The second-order valence-electron chi connectivity index (χ2n) is 4.53. The Labute approximate surface area is 110 Å². The minimum atomic E-state index is -0.142. The zero-order chi connectivity index (χ0) is 13.2. The first-order valence-electron chi connectivity index (χ1n) is 6.13. The summed E-state index contributed by atoms with van der Waals surface area (Å²) in [6.07, 6.45) is 4.85. The summed E-state index contributed by atoms with van der Waals surface area (Å²) in [4.78, 5) is 14.1. The van der Waals surface area contributed by atoms with Crippen LogP contribution in [0.5, 0.6) is 0 Å². The third kappa shape index (κ3) is 2.37. The lowest BCUT2D eigenvalue weighted by Crippen LogP contribution is -2.42. The van der Waals surface area contributed by atoms with Crippen LogP contribution in [-0.4, -0.2) is 50.5 Å². The molecule has 1 fully saturated rings. The van der Waals surface area contributed by atoms with Crippen LogP contribution in [-0.2, 0) is 11.8 Å². The van der Waals surface area contributed by atoms with Crippen LogP contribution in [0.3, 0.4) is 0 Å². The van der Waals surface area contributed by atoms with E-state index in [1.54, 1.807) is 35.2 Å². The third-order valence-corrected chi connectivity index (χ3v) is 3.17. The van der Waals surface area contributed by atoms with Gasteiger partial charge in [0.05, 0.1) is 30.6 Å². The summed E-state index contributed by atoms with van der Waals surface area (Å²) in [6, 6.07) is 1.86. The third-order valence-electron chi connectivity index (χ3n) is 3.17. The van der Waals surface area contributed by atoms with Crippen molar-refractivity contribution < 1.29 is 9.53 Å². The molecule has 0 bridgehead atoms. The van der Waals surface area contributed by atoms with E-state index in [1.165, 1.54) is 0 Å². The molecule has 2 aromatic rings. The van der Waals surface area contributed by atoms with Gasteiger partial charge in [-0.05, 0) is 6.07 Å². The molecular formula is C12H15N5O2. The molecule has 2 aromatic heterocycles. The second-order valence-corrected chi connectivity index (χ2v) is 4.53. The average molecular weight is 261 g/mol. The van der Waals surface area contributed by atoms with Gasteiger partial charge in [0.15, 0.2) is 0 Å². The maximum absolute atomic E-state index is 12.3. The highest BCUT2D eigenvalue weighted by Crippen LogP contribution is 2.21. The Morgan fingerprint density at radius 2 is 2.47 bits per heavy atom. The fourth-order valence-electron chi connectivity index (χ4n) is 2.18. The van der Waals surface area contributed by atoms with Gasteiger partial charge in [-0.25, -0.2) is 0 Å². The minimum absolute atomic E-state index is 0.0130. The van der Waals surface area contributed by atoms with Gasteiger partial charge in [0.25, 0.3) is 5.91 Å². The van der Waals surface area contributed by atoms with E-state index in [1.807, 2.05) is 6.07 Å². The molecule has 7 nitrogen and oxygen atoms in total. The van der Waals surface area contributed by atoms with Crippen LogP contribution in [0.2, 0.25) is 0 Å². The zero-order valence-corrected chi connectivity index (χ0v) is 10.6. The molecule has 7 heteroatoms. The number of nitrogens with zero attached hydrogens (tertiary/aromatic N) is 4. The molecule has 0 saturated carbocycles. The summed E-state index contributed by atoms with van der Waals surface area (Å²) in [5.41, 5.74) is 1.50. The number of aryl methyl sites for hydroxylation is 1. The van der Waals surface area contributed by atoms with Crippen molar-refractivity contribution in [1.82, 2.24) is 24.9 Å². The van der Waals surface area contributed by atoms with E-state index < -0.39 is 0 Å². The van der Waals surface area contributed by atoms with Crippen molar-refractivity contribution in [1.29, 1.82) is 0 Å². The van der Waals surface area contributed by atoms with Gasteiger partial charge in [-0.3, -0.25) is 14.6 Å². The van der Waals surface area contributed by atoms with Crippen molar-refractivity contribution in [2.75, 3.05) is 19.7 Å². The number of aromatic nitrogens is 4. The Balaban J connectivity index is 1.73. The van der Waals surface area contributed by atoms with Crippen molar-refractivity contribution in [2.24, 2.45) is 7.05 Å². The van der Waals surface area contributed by atoms with E-state index in [0.29, 0.717) is 25.3 Å². The first-order valence-corrected chi connectivity index (χ1v) is 6.13. The van der Waals surface area contributed by atoms with Gasteiger partial charge in [-0.15, -0.1) is 0 Å². The normalized spacial score (nSPS) is 19.6. The van der Waals surface area contributed by atoms with Crippen molar-refractivity contribution in [3.8, 4) is 0 Å². The van der Waals surface area contributed by atoms with E-state index in [2.05, 4.69) is 15.3 Å². The summed E-state index contributed by atoms with van der Waals surface area (Å²) >= 11 is 0. The lowest BCUT2D eigenvalue weighted by molar-refractivity contribution is -0.0247. The molecule has 100 valence electrons. The molecule has 1 amide bonds. The lowest BCUT2D eigenvalue weighted by Gasteiger charge is -2.32. The maximum atomic E-state index is 12.3. The molecule has 0 aromatic carbocycles. The number of morpholine rings is 1. The summed E-state index contributed by atoms with van der Waals surface area (Å²) in [6.45, 7) is 1.64. The number of H-pyrrole nitrogens is 1. The number of ether oxygens (including phenoxy) is 1. The number of hydrogen-bond acceptors (Lipinski definition) is 4. The summed E-state index contributed by atoms with van der Waals surface area (Å²) in [7, 11) is 1.80. The van der Waals surface area contributed by atoms with Crippen molar-refractivity contribution in [3.05, 3.63) is 35.9 Å². The number of hydrogen-bond donors (Lipinski definition) is 1. The molecule has 1 saturated heterocycles. The summed E-state index contributed by atoms with van der Waals surface area (Å²) in [5, 5.41) is 10.8. The molecule has 0 aliphatic carbocycles. The van der Waals surface area contributed by atoms with Crippen LogP contribution >= 0.6 is 0 Å². The van der Waals surface area contributed by atoms with Crippen molar-refractivity contribution in [2.45, 2.75) is 6.10 Å². The Hall–Kier alpha value is -2.15. The first kappa shape index (κ1) is 11.9. The van der Waals surface area contributed by atoms with Gasteiger partial charge in [0.1, 0.15) is 6.10 Å². The van der Waals surface area contributed by atoms with Crippen LogP contribution in [0.1, 0.15) is 22.2 Å². The Morgan fingerprint density at radius 1 is 1.58 bits per heavy atom. The minimum Gasteiger partial charge on any atom is -0.368 e. The average Bonchev–Trinajstić information content (AvgIpc) is 3.09. The molecule has 0 radical (unpaired) electrons. The standard InChI is InChI=1S/C12H15N5O2/c1-16-7-9(6-14-16)12(18)17-4-5-19-11(8-17)10-2-3-13-15-10/h2-3,6-7,11H,4-5,8H2,1H3,(H,13,15)/t11-/m0/s1. The van der Waals surface area contributed by atoms with Crippen molar-refractivity contribution >= 4 is 5.91 Å². The van der Waals surface area contributed by atoms with Gasteiger partial charge < -0.3 is 9.64 Å². The topological polar surface area (TPSA) is 76.0 Å². The Bertz CT molecular complexity index is 562. The molecule has 19 heavy (non-hydrogen) atoms. The van der Waals surface area contributed by atoms with Crippen LogP contribution in [0, 0.1) is 0 Å². The molecule has 0 unspecified atom stereocenters. The van der Waals surface area contributed by atoms with E-state index in [9.17, 15) is 4.79 Å². The number of rotatable bonds is 2. The Kier molecular flexibility index (Phi) is 3.04. The van der Waals surface area contributed by atoms with Gasteiger partial charge in [-0.1, -0.05) is 0 Å². The highest BCUT2D eigenvalue weighted by molar-refractivity contribution is 5.93. The van der Waals surface area contributed by atoms with Crippen molar-refractivity contribution in [3.63, 3.8) is 0 Å². The van der Waals surface area contributed by atoms with E-state index in [0.717, 1.165) is 5.69 Å². The van der Waals surface area contributed by atoms with Gasteiger partial charge in [-0.2, -0.15) is 10.2 Å². The van der Waals surface area contributed by atoms with Crippen LogP contribution in [0.15, 0.2) is 24.7 Å². The summed E-state index contributed by atoms with van der Waals surface area (Å²) < 4.78 is 7.28. The van der Waals surface area contributed by atoms with Crippen LogP contribution < -0.4 is 0 Å². The largest absolute Gasteiger partial charge is 0.368 e. The van der Waals surface area contributed by atoms with Crippen LogP contribution in [0.4, 0.5) is 0 Å². The smallest absolute Gasteiger partial charge is 0.257 e. The predicted molar refractivity (Wildman–Crippen MR) is 66.4 cm³/mol. The molecule has 3 rings (SSSR count). The van der Waals surface area contributed by atoms with Gasteiger partial charge in [0.2, 0.25) is 0 Å². The molecule has 0 spiro atoms. The second kappa shape index (κ2) is 4.85. The monoisotopic (exact) mass is 261 g/mol. The number of nitrogens with one attached hydrogen (secondary N) is 1. The molecule has 1 aliphatic rings. The number of amides is 1. The number of aromatic amines is 1. The number of carbonyl (C=O) groups excluding carboxylic acids is 1. The zero-order valence-electron chi connectivity index (χ0n) is 10.6. The fraction of sp³-hybridized carbons (Fsp3) is 0.417. The van der Waals surface area contributed by atoms with Gasteiger partial charge >= 0.3 is 0 Å². The molecule has 1 atom stereocenters. The molecular weight excluding hydrogens is 246 g/mol. The fourth-order valence-corrected chi connectivity index (χ4v) is 2.18. The summed E-state index contributed by atoms with van der Waals surface area (Å²) in [5.74, 6) is -0.0130. The maximum Gasteiger partial charge on any atom is 0.257 e. The van der Waals surface area contributed by atoms with Gasteiger partial charge in [0, 0.05) is 26.0 Å².